The lowest BCUT2D eigenvalue weighted by Gasteiger charge is -2.30. The molecular weight excluding hydrogens is 298 g/mol. The van der Waals surface area contributed by atoms with Crippen LogP contribution in [0.4, 0.5) is 0 Å². The lowest BCUT2D eigenvalue weighted by Crippen LogP contribution is -2.39. The molecule has 1 aromatic carbocycles. The first-order valence-electron chi connectivity index (χ1n) is 9.63. The van der Waals surface area contributed by atoms with E-state index in [1.807, 2.05) is 12.1 Å². The maximum atomic E-state index is 12.3. The number of nitrogens with one attached hydrogen (secondary N) is 1. The van der Waals surface area contributed by atoms with Crippen LogP contribution >= 0.6 is 0 Å². The normalized spacial score (nSPS) is 20.2. The van der Waals surface area contributed by atoms with Crippen molar-refractivity contribution in [3.05, 3.63) is 29.8 Å². The van der Waals surface area contributed by atoms with Crippen molar-refractivity contribution in [3.63, 3.8) is 0 Å². The summed E-state index contributed by atoms with van der Waals surface area (Å²) in [6.07, 6.45) is 12.0. The van der Waals surface area contributed by atoms with E-state index in [2.05, 4.69) is 17.4 Å². The smallest absolute Gasteiger partial charge is 0.220 e. The molecule has 1 aromatic rings. The zero-order valence-corrected chi connectivity index (χ0v) is 15.0. The molecule has 0 atom stereocenters. The van der Waals surface area contributed by atoms with E-state index in [9.17, 15) is 4.79 Å². The van der Waals surface area contributed by atoms with E-state index in [-0.39, 0.29) is 11.3 Å². The van der Waals surface area contributed by atoms with Gasteiger partial charge >= 0.3 is 0 Å². The number of hydrogen-bond acceptors (Lipinski definition) is 2. The van der Waals surface area contributed by atoms with Gasteiger partial charge in [-0.3, -0.25) is 4.79 Å². The molecule has 0 heterocycles. The van der Waals surface area contributed by atoms with Crippen LogP contribution in [-0.2, 0) is 10.2 Å². The second-order valence-electron chi connectivity index (χ2n) is 7.68. The monoisotopic (exact) mass is 329 g/mol. The molecule has 3 nitrogen and oxygen atoms in total. The van der Waals surface area contributed by atoms with Crippen LogP contribution in [0.25, 0.3) is 0 Å². The summed E-state index contributed by atoms with van der Waals surface area (Å²) in [7, 11) is 1.70. The SMILES string of the molecule is COc1ccc(C2(CNC(=O)CCC3CCCC3)CCCC2)cc1. The second kappa shape index (κ2) is 8.04. The Balaban J connectivity index is 1.55. The number of methoxy groups -OCH3 is 1. The second-order valence-corrected chi connectivity index (χ2v) is 7.68. The van der Waals surface area contributed by atoms with Gasteiger partial charge in [-0.1, -0.05) is 50.7 Å². The van der Waals surface area contributed by atoms with E-state index in [1.165, 1.54) is 56.9 Å². The average molecular weight is 329 g/mol. The Hall–Kier alpha value is -1.51. The van der Waals surface area contributed by atoms with Crippen molar-refractivity contribution in [2.45, 2.75) is 69.6 Å². The molecule has 24 heavy (non-hydrogen) atoms. The molecule has 0 spiro atoms. The topological polar surface area (TPSA) is 38.3 Å². The molecule has 2 fully saturated rings. The van der Waals surface area contributed by atoms with Crippen LogP contribution in [0.1, 0.15) is 69.8 Å². The van der Waals surface area contributed by atoms with Gasteiger partial charge in [0, 0.05) is 18.4 Å². The predicted octanol–water partition coefficient (Wildman–Crippen LogP) is 4.59. The van der Waals surface area contributed by atoms with Gasteiger partial charge in [-0.2, -0.15) is 0 Å². The molecule has 1 N–H and O–H groups in total. The summed E-state index contributed by atoms with van der Waals surface area (Å²) in [6, 6.07) is 8.43. The minimum Gasteiger partial charge on any atom is -0.497 e. The van der Waals surface area contributed by atoms with Crippen LogP contribution in [0, 0.1) is 5.92 Å². The van der Waals surface area contributed by atoms with Gasteiger partial charge in [-0.15, -0.1) is 0 Å². The maximum Gasteiger partial charge on any atom is 0.220 e. The summed E-state index contributed by atoms with van der Waals surface area (Å²) in [5.41, 5.74) is 1.46. The van der Waals surface area contributed by atoms with Gasteiger partial charge in [-0.25, -0.2) is 0 Å². The highest BCUT2D eigenvalue weighted by Crippen LogP contribution is 2.41. The van der Waals surface area contributed by atoms with E-state index in [0.29, 0.717) is 6.42 Å². The number of rotatable bonds is 7. The molecule has 0 aromatic heterocycles. The molecule has 0 bridgehead atoms. The van der Waals surface area contributed by atoms with Gasteiger partial charge in [0.25, 0.3) is 0 Å². The van der Waals surface area contributed by atoms with Crippen LogP contribution in [0.3, 0.4) is 0 Å². The first-order chi connectivity index (χ1) is 11.7. The molecule has 0 aliphatic heterocycles. The quantitative estimate of drug-likeness (QED) is 0.794. The Bertz CT molecular complexity index is 525. The van der Waals surface area contributed by atoms with Crippen LogP contribution in [0.2, 0.25) is 0 Å². The minimum atomic E-state index is 0.120. The van der Waals surface area contributed by atoms with Crippen molar-refractivity contribution in [1.82, 2.24) is 5.32 Å². The average Bonchev–Trinajstić information content (AvgIpc) is 3.31. The van der Waals surface area contributed by atoms with Crippen molar-refractivity contribution in [2.75, 3.05) is 13.7 Å². The first kappa shape index (κ1) is 17.3. The van der Waals surface area contributed by atoms with Crippen molar-refractivity contribution in [1.29, 1.82) is 0 Å². The molecular formula is C21H31NO2. The van der Waals surface area contributed by atoms with Gasteiger partial charge in [0.2, 0.25) is 5.91 Å². The van der Waals surface area contributed by atoms with Crippen molar-refractivity contribution in [2.24, 2.45) is 5.92 Å². The first-order valence-corrected chi connectivity index (χ1v) is 9.63. The highest BCUT2D eigenvalue weighted by molar-refractivity contribution is 5.76. The van der Waals surface area contributed by atoms with Gasteiger partial charge in [0.05, 0.1) is 7.11 Å². The van der Waals surface area contributed by atoms with Crippen LogP contribution in [0.5, 0.6) is 5.75 Å². The Morgan fingerprint density at radius 3 is 2.42 bits per heavy atom. The van der Waals surface area contributed by atoms with Crippen LogP contribution in [-0.4, -0.2) is 19.6 Å². The zero-order chi connectivity index (χ0) is 16.8. The number of carbonyl (C=O) groups is 1. The summed E-state index contributed by atoms with van der Waals surface area (Å²) in [5.74, 6) is 1.92. The fourth-order valence-corrected chi connectivity index (χ4v) is 4.55. The van der Waals surface area contributed by atoms with E-state index < -0.39 is 0 Å². The zero-order valence-electron chi connectivity index (χ0n) is 15.0. The molecule has 0 radical (unpaired) electrons. The van der Waals surface area contributed by atoms with E-state index >= 15 is 0 Å². The maximum absolute atomic E-state index is 12.3. The Labute approximate surface area is 146 Å². The molecule has 2 saturated carbocycles. The summed E-state index contributed by atoms with van der Waals surface area (Å²) in [6.45, 7) is 0.781. The standard InChI is InChI=1S/C21H31NO2/c1-24-19-11-9-18(10-12-19)21(14-4-5-15-21)16-22-20(23)13-8-17-6-2-3-7-17/h9-12,17H,2-8,13-16H2,1H3,(H,22,23). The van der Waals surface area contributed by atoms with Gasteiger partial charge in [-0.05, 0) is 42.9 Å². The number of amides is 1. The van der Waals surface area contributed by atoms with Crippen molar-refractivity contribution in [3.8, 4) is 5.75 Å². The van der Waals surface area contributed by atoms with E-state index in [0.717, 1.165) is 24.6 Å². The third kappa shape index (κ3) is 4.12. The van der Waals surface area contributed by atoms with Crippen LogP contribution in [0.15, 0.2) is 24.3 Å². The molecule has 0 saturated heterocycles. The largest absolute Gasteiger partial charge is 0.497 e. The summed E-state index contributed by atoms with van der Waals surface area (Å²) >= 11 is 0. The molecule has 3 rings (SSSR count). The summed E-state index contributed by atoms with van der Waals surface area (Å²) in [5, 5.41) is 3.25. The predicted molar refractivity (Wildman–Crippen MR) is 97.3 cm³/mol. The van der Waals surface area contributed by atoms with Crippen molar-refractivity contribution < 1.29 is 9.53 Å². The lowest BCUT2D eigenvalue weighted by atomic mass is 9.78. The fourth-order valence-electron chi connectivity index (χ4n) is 4.55. The van der Waals surface area contributed by atoms with Gasteiger partial charge in [0.15, 0.2) is 0 Å². The van der Waals surface area contributed by atoms with E-state index in [1.54, 1.807) is 7.11 Å². The molecule has 0 unspecified atom stereocenters. The molecule has 1 amide bonds. The molecule has 2 aliphatic carbocycles. The molecule has 3 heteroatoms. The number of benzene rings is 1. The summed E-state index contributed by atoms with van der Waals surface area (Å²) in [4.78, 5) is 12.3. The number of carbonyl (C=O) groups excluding carboxylic acids is 1. The van der Waals surface area contributed by atoms with Crippen LogP contribution < -0.4 is 10.1 Å². The van der Waals surface area contributed by atoms with Gasteiger partial charge < -0.3 is 10.1 Å². The number of hydrogen-bond donors (Lipinski definition) is 1. The Morgan fingerprint density at radius 1 is 1.12 bits per heavy atom. The Kier molecular flexibility index (Phi) is 5.80. The third-order valence-electron chi connectivity index (χ3n) is 6.14. The fraction of sp³-hybridized carbons (Fsp3) is 0.667. The third-order valence-corrected chi connectivity index (χ3v) is 6.14. The Morgan fingerprint density at radius 2 is 1.79 bits per heavy atom. The lowest BCUT2D eigenvalue weighted by molar-refractivity contribution is -0.121. The molecule has 2 aliphatic rings. The highest BCUT2D eigenvalue weighted by Gasteiger charge is 2.35. The molecule has 132 valence electrons. The van der Waals surface area contributed by atoms with E-state index in [4.69, 9.17) is 4.74 Å². The highest BCUT2D eigenvalue weighted by atomic mass is 16.5. The number of ether oxygens (including phenoxy) is 1. The van der Waals surface area contributed by atoms with Gasteiger partial charge in [0.1, 0.15) is 5.75 Å². The van der Waals surface area contributed by atoms with Crippen molar-refractivity contribution >= 4 is 5.91 Å². The summed E-state index contributed by atoms with van der Waals surface area (Å²) < 4.78 is 5.27. The minimum absolute atomic E-state index is 0.120.